The number of nitrogens with one attached hydrogen (secondary N) is 1. The van der Waals surface area contributed by atoms with Crippen LogP contribution in [-0.2, 0) is 9.59 Å². The summed E-state index contributed by atoms with van der Waals surface area (Å²) < 4.78 is 1.04. The van der Waals surface area contributed by atoms with Crippen LogP contribution in [0.1, 0.15) is 44.2 Å². The molecule has 2 fully saturated rings. The van der Waals surface area contributed by atoms with Gasteiger partial charge in [-0.05, 0) is 42.9 Å². The van der Waals surface area contributed by atoms with Crippen LogP contribution in [0.15, 0.2) is 28.7 Å². The smallest absolute Gasteiger partial charge is 0.224 e. The van der Waals surface area contributed by atoms with Gasteiger partial charge in [-0.3, -0.25) is 9.59 Å². The fourth-order valence-electron chi connectivity index (χ4n) is 3.38. The molecule has 0 spiro atoms. The molecule has 0 radical (unpaired) electrons. The summed E-state index contributed by atoms with van der Waals surface area (Å²) in [5.74, 6) is 0.920. The topological polar surface area (TPSA) is 49.4 Å². The van der Waals surface area contributed by atoms with Gasteiger partial charge in [0, 0.05) is 29.9 Å². The number of nitrogens with zero attached hydrogens (tertiary/aromatic N) is 1. The molecule has 124 valence electrons. The zero-order valence-corrected chi connectivity index (χ0v) is 15.0. The van der Waals surface area contributed by atoms with Crippen LogP contribution in [0, 0.1) is 11.8 Å². The van der Waals surface area contributed by atoms with Gasteiger partial charge >= 0.3 is 0 Å². The molecule has 23 heavy (non-hydrogen) atoms. The number of carbonyl (C=O) groups is 2. The summed E-state index contributed by atoms with van der Waals surface area (Å²) >= 11 is 3.50. The second-order valence-corrected chi connectivity index (χ2v) is 7.58. The Hall–Kier alpha value is -1.36. The lowest BCUT2D eigenvalue weighted by molar-refractivity contribution is -0.132. The summed E-state index contributed by atoms with van der Waals surface area (Å²) in [6, 6.07) is 8.35. The van der Waals surface area contributed by atoms with E-state index in [2.05, 4.69) is 40.3 Å². The van der Waals surface area contributed by atoms with Crippen molar-refractivity contribution in [2.45, 2.75) is 38.6 Å². The van der Waals surface area contributed by atoms with E-state index in [9.17, 15) is 9.59 Å². The van der Waals surface area contributed by atoms with E-state index in [1.165, 1.54) is 5.56 Å². The molecule has 4 nitrogen and oxygen atoms in total. The van der Waals surface area contributed by atoms with Gasteiger partial charge in [-0.25, -0.2) is 0 Å². The second-order valence-electron chi connectivity index (χ2n) is 6.66. The van der Waals surface area contributed by atoms with Crippen LogP contribution < -0.4 is 5.32 Å². The summed E-state index contributed by atoms with van der Waals surface area (Å²) in [7, 11) is 0. The predicted molar refractivity (Wildman–Crippen MR) is 92.7 cm³/mol. The number of likely N-dealkylation sites (tertiary alicyclic amines) is 1. The van der Waals surface area contributed by atoms with Crippen molar-refractivity contribution < 1.29 is 9.59 Å². The van der Waals surface area contributed by atoms with Gasteiger partial charge in [-0.1, -0.05) is 35.0 Å². The van der Waals surface area contributed by atoms with Gasteiger partial charge in [-0.2, -0.15) is 0 Å². The van der Waals surface area contributed by atoms with Crippen LogP contribution in [0.4, 0.5) is 0 Å². The number of amides is 2. The fourth-order valence-corrected chi connectivity index (χ4v) is 3.80. The van der Waals surface area contributed by atoms with Crippen LogP contribution in [-0.4, -0.2) is 29.8 Å². The lowest BCUT2D eigenvalue weighted by Crippen LogP contribution is -2.34. The van der Waals surface area contributed by atoms with E-state index in [-0.39, 0.29) is 23.8 Å². The standard InChI is InChI=1S/C18H23BrN2O2/c1-12-10-15(12)18(23)20-8-7-17(22)21-9-3-6-16(21)13-4-2-5-14(19)11-13/h2,4-5,11-12,15-16H,3,6-10H2,1H3,(H,20,23)/t12-,15-,16-/m1/s1. The molecule has 5 heteroatoms. The first-order chi connectivity index (χ1) is 11.1. The van der Waals surface area contributed by atoms with E-state index in [0.717, 1.165) is 30.3 Å². The highest BCUT2D eigenvalue weighted by atomic mass is 79.9. The minimum Gasteiger partial charge on any atom is -0.355 e. The number of hydrogen-bond donors (Lipinski definition) is 1. The molecule has 2 aliphatic rings. The normalized spacial score (nSPS) is 26.2. The third-order valence-corrected chi connectivity index (χ3v) is 5.38. The largest absolute Gasteiger partial charge is 0.355 e. The molecule has 3 atom stereocenters. The van der Waals surface area contributed by atoms with E-state index in [4.69, 9.17) is 0 Å². The van der Waals surface area contributed by atoms with Gasteiger partial charge in [0.1, 0.15) is 0 Å². The molecular formula is C18H23BrN2O2. The molecule has 1 saturated carbocycles. The third-order valence-electron chi connectivity index (χ3n) is 4.89. The maximum absolute atomic E-state index is 12.5. The summed E-state index contributed by atoms with van der Waals surface area (Å²) in [6.07, 6.45) is 3.41. The Labute approximate surface area is 145 Å². The molecule has 0 bridgehead atoms. The number of carbonyl (C=O) groups excluding carboxylic acids is 2. The monoisotopic (exact) mass is 378 g/mol. The predicted octanol–water partition coefficient (Wildman–Crippen LogP) is 3.27. The Kier molecular flexibility index (Phi) is 5.05. The van der Waals surface area contributed by atoms with Crippen molar-refractivity contribution in [1.82, 2.24) is 10.2 Å². The molecule has 0 unspecified atom stereocenters. The quantitative estimate of drug-likeness (QED) is 0.854. The SMILES string of the molecule is C[C@@H]1C[C@H]1C(=O)NCCC(=O)N1CCC[C@@H]1c1cccc(Br)c1. The highest BCUT2D eigenvalue weighted by Crippen LogP contribution is 2.37. The highest BCUT2D eigenvalue weighted by Gasteiger charge is 2.39. The molecule has 1 N–H and O–H groups in total. The lowest BCUT2D eigenvalue weighted by Gasteiger charge is -2.25. The Morgan fingerprint density at radius 2 is 2.17 bits per heavy atom. The highest BCUT2D eigenvalue weighted by molar-refractivity contribution is 9.10. The van der Waals surface area contributed by atoms with E-state index < -0.39 is 0 Å². The molecule has 1 aromatic carbocycles. The first-order valence-corrected chi connectivity index (χ1v) is 9.18. The van der Waals surface area contributed by atoms with Crippen molar-refractivity contribution in [3.05, 3.63) is 34.3 Å². The van der Waals surface area contributed by atoms with Gasteiger partial charge in [0.2, 0.25) is 11.8 Å². The first kappa shape index (κ1) is 16.5. The van der Waals surface area contributed by atoms with Crippen LogP contribution in [0.25, 0.3) is 0 Å². The van der Waals surface area contributed by atoms with Crippen LogP contribution in [0.3, 0.4) is 0 Å². The van der Waals surface area contributed by atoms with E-state index in [0.29, 0.717) is 18.9 Å². The van der Waals surface area contributed by atoms with Crippen molar-refractivity contribution in [3.8, 4) is 0 Å². The molecular weight excluding hydrogens is 356 g/mol. The molecule has 1 aromatic rings. The zero-order chi connectivity index (χ0) is 16.4. The average molecular weight is 379 g/mol. The minimum atomic E-state index is 0.107. The molecule has 1 heterocycles. The molecule has 1 aliphatic carbocycles. The zero-order valence-electron chi connectivity index (χ0n) is 13.4. The Morgan fingerprint density at radius 1 is 1.39 bits per heavy atom. The number of hydrogen-bond acceptors (Lipinski definition) is 2. The van der Waals surface area contributed by atoms with Gasteiger partial charge in [0.25, 0.3) is 0 Å². The van der Waals surface area contributed by atoms with Crippen molar-refractivity contribution in [2.75, 3.05) is 13.1 Å². The summed E-state index contributed by atoms with van der Waals surface area (Å²) in [5.41, 5.74) is 1.18. The maximum atomic E-state index is 12.5. The van der Waals surface area contributed by atoms with E-state index in [1.54, 1.807) is 0 Å². The fraction of sp³-hybridized carbons (Fsp3) is 0.556. The number of benzene rings is 1. The van der Waals surface area contributed by atoms with Crippen molar-refractivity contribution in [2.24, 2.45) is 11.8 Å². The van der Waals surface area contributed by atoms with Crippen LogP contribution in [0.2, 0.25) is 0 Å². The van der Waals surface area contributed by atoms with E-state index in [1.807, 2.05) is 17.0 Å². The molecule has 3 rings (SSSR count). The van der Waals surface area contributed by atoms with Crippen molar-refractivity contribution >= 4 is 27.7 Å². The minimum absolute atomic E-state index is 0.107. The second kappa shape index (κ2) is 7.04. The van der Waals surface area contributed by atoms with Crippen molar-refractivity contribution in [3.63, 3.8) is 0 Å². The van der Waals surface area contributed by atoms with Gasteiger partial charge in [0.05, 0.1) is 6.04 Å². The van der Waals surface area contributed by atoms with Gasteiger partial charge in [0.15, 0.2) is 0 Å². The van der Waals surface area contributed by atoms with Gasteiger partial charge < -0.3 is 10.2 Å². The Bertz CT molecular complexity index is 604. The summed E-state index contributed by atoms with van der Waals surface area (Å²) in [4.78, 5) is 26.3. The van der Waals surface area contributed by atoms with Crippen LogP contribution >= 0.6 is 15.9 Å². The number of rotatable bonds is 5. The molecule has 0 aromatic heterocycles. The van der Waals surface area contributed by atoms with E-state index >= 15 is 0 Å². The number of halogens is 1. The van der Waals surface area contributed by atoms with Crippen LogP contribution in [0.5, 0.6) is 0 Å². The Balaban J connectivity index is 1.52. The first-order valence-electron chi connectivity index (χ1n) is 8.39. The molecule has 1 aliphatic heterocycles. The van der Waals surface area contributed by atoms with Crippen molar-refractivity contribution in [1.29, 1.82) is 0 Å². The van der Waals surface area contributed by atoms with Gasteiger partial charge in [-0.15, -0.1) is 0 Å². The lowest BCUT2D eigenvalue weighted by atomic mass is 10.0. The third kappa shape index (κ3) is 3.94. The molecule has 2 amide bonds. The maximum Gasteiger partial charge on any atom is 0.224 e. The summed E-state index contributed by atoms with van der Waals surface area (Å²) in [5, 5.41) is 2.90. The molecule has 1 saturated heterocycles. The summed E-state index contributed by atoms with van der Waals surface area (Å²) in [6.45, 7) is 3.34. The Morgan fingerprint density at radius 3 is 2.87 bits per heavy atom. The average Bonchev–Trinajstić information content (AvgIpc) is 3.07.